The fourth-order valence-electron chi connectivity index (χ4n) is 2.49. The van der Waals surface area contributed by atoms with Crippen LogP contribution in [0, 0.1) is 0 Å². The van der Waals surface area contributed by atoms with Crippen LogP contribution in [0.1, 0.15) is 6.92 Å². The van der Waals surface area contributed by atoms with Crippen LogP contribution in [0.4, 0.5) is 5.95 Å². The Bertz CT molecular complexity index is 551. The molecule has 1 aliphatic heterocycles. The Morgan fingerprint density at radius 2 is 1.92 bits per heavy atom. The van der Waals surface area contributed by atoms with Gasteiger partial charge in [-0.25, -0.2) is 15.0 Å². The van der Waals surface area contributed by atoms with E-state index >= 15 is 0 Å². The lowest BCUT2D eigenvalue weighted by atomic mass is 10.3. The molecule has 10 heteroatoms. The topological polar surface area (TPSA) is 95.0 Å². The Kier molecular flexibility index (Phi) is 10.9. The summed E-state index contributed by atoms with van der Waals surface area (Å²) in [6, 6.07) is 1.81. The molecule has 26 heavy (non-hydrogen) atoms. The van der Waals surface area contributed by atoms with Gasteiger partial charge in [-0.15, -0.1) is 24.0 Å². The normalized spacial score (nSPS) is 14.6. The van der Waals surface area contributed by atoms with Crippen molar-refractivity contribution < 1.29 is 9.53 Å². The quantitative estimate of drug-likeness (QED) is 0.246. The van der Waals surface area contributed by atoms with Gasteiger partial charge in [-0.05, 0) is 13.0 Å². The minimum atomic E-state index is -0.108. The number of nitrogens with zero attached hydrogens (tertiary/aromatic N) is 5. The molecule has 0 unspecified atom stereocenters. The molecule has 2 rings (SSSR count). The average Bonchev–Trinajstić information content (AvgIpc) is 2.66. The number of nitrogens with one attached hydrogen (secondary N) is 2. The van der Waals surface area contributed by atoms with Gasteiger partial charge in [0.2, 0.25) is 11.9 Å². The van der Waals surface area contributed by atoms with Gasteiger partial charge in [0.05, 0.1) is 6.61 Å². The summed E-state index contributed by atoms with van der Waals surface area (Å²) in [5.74, 6) is 1.41. The second-order valence-electron chi connectivity index (χ2n) is 5.54. The van der Waals surface area contributed by atoms with Crippen molar-refractivity contribution in [1.82, 2.24) is 25.5 Å². The number of anilines is 1. The van der Waals surface area contributed by atoms with Crippen molar-refractivity contribution in [3.8, 4) is 0 Å². The molecular weight excluding hydrogens is 449 g/mol. The van der Waals surface area contributed by atoms with Crippen LogP contribution in [-0.2, 0) is 9.53 Å². The van der Waals surface area contributed by atoms with Gasteiger partial charge in [-0.1, -0.05) is 0 Å². The van der Waals surface area contributed by atoms with Crippen molar-refractivity contribution in [2.75, 3.05) is 64.4 Å². The van der Waals surface area contributed by atoms with Gasteiger partial charge in [-0.3, -0.25) is 4.79 Å². The summed E-state index contributed by atoms with van der Waals surface area (Å²) < 4.78 is 4.91. The number of carbonyl (C=O) groups is 1. The molecule has 2 N–H and O–H groups in total. The summed E-state index contributed by atoms with van der Waals surface area (Å²) in [7, 11) is 1.60. The van der Waals surface area contributed by atoms with Crippen molar-refractivity contribution in [3.05, 3.63) is 18.5 Å². The third kappa shape index (κ3) is 7.28. The highest BCUT2D eigenvalue weighted by Crippen LogP contribution is 2.09. The second kappa shape index (κ2) is 12.6. The van der Waals surface area contributed by atoms with Crippen molar-refractivity contribution in [2.24, 2.45) is 4.99 Å². The highest BCUT2D eigenvalue weighted by molar-refractivity contribution is 14.0. The van der Waals surface area contributed by atoms with Crippen LogP contribution in [0.15, 0.2) is 23.5 Å². The summed E-state index contributed by atoms with van der Waals surface area (Å²) in [5.41, 5.74) is 0. The molecule has 0 radical (unpaired) electrons. The van der Waals surface area contributed by atoms with Crippen LogP contribution < -0.4 is 15.5 Å². The maximum atomic E-state index is 11.8. The van der Waals surface area contributed by atoms with E-state index in [2.05, 4.69) is 35.4 Å². The van der Waals surface area contributed by atoms with Gasteiger partial charge in [0.1, 0.15) is 6.54 Å². The molecule has 0 bridgehead atoms. The first kappa shape index (κ1) is 22.4. The lowest BCUT2D eigenvalue weighted by Crippen LogP contribution is -2.53. The van der Waals surface area contributed by atoms with Crippen LogP contribution in [0.3, 0.4) is 0 Å². The van der Waals surface area contributed by atoms with E-state index in [-0.39, 0.29) is 36.4 Å². The number of halogens is 1. The molecule has 1 aliphatic rings. The molecule has 1 aromatic heterocycles. The maximum Gasteiger partial charge on any atom is 0.241 e. The fraction of sp³-hybridized carbons (Fsp3) is 0.625. The van der Waals surface area contributed by atoms with Crippen molar-refractivity contribution >= 4 is 41.8 Å². The van der Waals surface area contributed by atoms with Crippen LogP contribution in [-0.4, -0.2) is 86.3 Å². The zero-order valence-electron chi connectivity index (χ0n) is 15.3. The van der Waals surface area contributed by atoms with Gasteiger partial charge < -0.3 is 25.2 Å². The number of carbonyl (C=O) groups excluding carboxylic acids is 1. The minimum Gasteiger partial charge on any atom is -0.383 e. The van der Waals surface area contributed by atoms with Crippen molar-refractivity contribution in [1.29, 1.82) is 0 Å². The highest BCUT2D eigenvalue weighted by Gasteiger charge is 2.21. The monoisotopic (exact) mass is 477 g/mol. The number of ether oxygens (including phenoxy) is 1. The van der Waals surface area contributed by atoms with E-state index in [0.29, 0.717) is 13.2 Å². The standard InChI is InChI=1S/C16H27N7O2.HI/c1-3-17-15(21-13-14(24)18-7-12-25-2)22-8-10-23(11-9-22)16-19-5-4-6-20-16;/h4-6H,3,7-13H2,1-2H3,(H,17,21)(H,18,24);1H. The predicted octanol–water partition coefficient (Wildman–Crippen LogP) is -0.0553. The Labute approximate surface area is 171 Å². The Morgan fingerprint density at radius 1 is 1.23 bits per heavy atom. The zero-order valence-corrected chi connectivity index (χ0v) is 17.7. The van der Waals surface area contributed by atoms with E-state index in [9.17, 15) is 4.79 Å². The number of aliphatic imine (C=N–C) groups is 1. The number of rotatable bonds is 7. The number of piperazine rings is 1. The van der Waals surface area contributed by atoms with E-state index < -0.39 is 0 Å². The molecule has 146 valence electrons. The zero-order chi connectivity index (χ0) is 17.9. The largest absolute Gasteiger partial charge is 0.383 e. The fourth-order valence-corrected chi connectivity index (χ4v) is 2.49. The first-order valence-electron chi connectivity index (χ1n) is 8.55. The lowest BCUT2D eigenvalue weighted by Gasteiger charge is -2.36. The van der Waals surface area contributed by atoms with E-state index in [4.69, 9.17) is 4.74 Å². The molecule has 1 amide bonds. The molecule has 1 aromatic rings. The van der Waals surface area contributed by atoms with Gasteiger partial charge in [-0.2, -0.15) is 0 Å². The van der Waals surface area contributed by atoms with E-state index in [1.54, 1.807) is 19.5 Å². The Balaban J connectivity index is 0.00000338. The Morgan fingerprint density at radius 3 is 2.54 bits per heavy atom. The molecular formula is C16H28IN7O2. The maximum absolute atomic E-state index is 11.8. The van der Waals surface area contributed by atoms with Crippen LogP contribution in [0.25, 0.3) is 0 Å². The number of hydrogen-bond acceptors (Lipinski definition) is 6. The number of hydrogen-bond donors (Lipinski definition) is 2. The molecule has 1 fully saturated rings. The number of guanidine groups is 1. The summed E-state index contributed by atoms with van der Waals surface area (Å²) in [4.78, 5) is 29.1. The smallest absolute Gasteiger partial charge is 0.241 e. The molecule has 9 nitrogen and oxygen atoms in total. The van der Waals surface area contributed by atoms with Gasteiger partial charge in [0.25, 0.3) is 0 Å². The predicted molar refractivity (Wildman–Crippen MR) is 112 cm³/mol. The number of methoxy groups -OCH3 is 1. The number of aromatic nitrogens is 2. The van der Waals surface area contributed by atoms with Gasteiger partial charge in [0, 0.05) is 58.8 Å². The van der Waals surface area contributed by atoms with E-state index in [1.807, 2.05) is 13.0 Å². The SMILES string of the molecule is CCNC(=NCC(=O)NCCOC)N1CCN(c2ncccn2)CC1.I. The van der Waals surface area contributed by atoms with Crippen LogP contribution in [0.2, 0.25) is 0 Å². The molecule has 0 aliphatic carbocycles. The average molecular weight is 477 g/mol. The molecule has 0 spiro atoms. The Hall–Kier alpha value is -1.69. The first-order chi connectivity index (χ1) is 12.2. The summed E-state index contributed by atoms with van der Waals surface area (Å²) in [5, 5.41) is 6.02. The van der Waals surface area contributed by atoms with E-state index in [0.717, 1.165) is 44.6 Å². The summed E-state index contributed by atoms with van der Waals surface area (Å²) in [6.07, 6.45) is 3.50. The van der Waals surface area contributed by atoms with Gasteiger partial charge in [0.15, 0.2) is 5.96 Å². The first-order valence-corrected chi connectivity index (χ1v) is 8.55. The second-order valence-corrected chi connectivity index (χ2v) is 5.54. The highest BCUT2D eigenvalue weighted by atomic mass is 127. The third-order valence-corrected chi connectivity index (χ3v) is 3.75. The molecule has 0 saturated carbocycles. The van der Waals surface area contributed by atoms with Crippen LogP contribution >= 0.6 is 24.0 Å². The summed E-state index contributed by atoms with van der Waals surface area (Å²) >= 11 is 0. The van der Waals surface area contributed by atoms with E-state index in [1.165, 1.54) is 0 Å². The summed E-state index contributed by atoms with van der Waals surface area (Å²) in [6.45, 7) is 7.10. The van der Waals surface area contributed by atoms with Crippen molar-refractivity contribution in [3.63, 3.8) is 0 Å². The minimum absolute atomic E-state index is 0. The molecule has 1 saturated heterocycles. The molecule has 0 atom stereocenters. The van der Waals surface area contributed by atoms with Crippen molar-refractivity contribution in [2.45, 2.75) is 6.92 Å². The third-order valence-electron chi connectivity index (χ3n) is 3.75. The number of amides is 1. The molecule has 0 aromatic carbocycles. The lowest BCUT2D eigenvalue weighted by molar-refractivity contribution is -0.119. The van der Waals surface area contributed by atoms with Gasteiger partial charge >= 0.3 is 0 Å². The molecule has 2 heterocycles. The van der Waals surface area contributed by atoms with Crippen LogP contribution in [0.5, 0.6) is 0 Å².